The van der Waals surface area contributed by atoms with Crippen molar-refractivity contribution in [2.24, 2.45) is 0 Å². The predicted molar refractivity (Wildman–Crippen MR) is 97.4 cm³/mol. The van der Waals surface area contributed by atoms with Crippen LogP contribution >= 0.6 is 11.3 Å². The summed E-state index contributed by atoms with van der Waals surface area (Å²) in [5, 5.41) is 3.43. The van der Waals surface area contributed by atoms with E-state index < -0.39 is 0 Å². The molecule has 3 aromatic rings. The Bertz CT molecular complexity index is 815. The van der Waals surface area contributed by atoms with Crippen molar-refractivity contribution in [1.29, 1.82) is 0 Å². The number of benzene rings is 1. The van der Waals surface area contributed by atoms with Crippen molar-refractivity contribution >= 4 is 27.4 Å². The van der Waals surface area contributed by atoms with Gasteiger partial charge in [0.15, 0.2) is 0 Å². The highest BCUT2D eigenvalue weighted by Crippen LogP contribution is 2.34. The molecular weight excluding hydrogens is 302 g/mol. The largest absolute Gasteiger partial charge is 0.352 e. The average Bonchev–Trinajstić information content (AvgIpc) is 3.16. The van der Waals surface area contributed by atoms with E-state index in [1.807, 2.05) is 0 Å². The van der Waals surface area contributed by atoms with Gasteiger partial charge in [0.1, 0.15) is 17.0 Å². The Morgan fingerprint density at radius 1 is 1.17 bits per heavy atom. The van der Waals surface area contributed by atoms with Crippen LogP contribution in [0.2, 0.25) is 0 Å². The molecule has 1 aliphatic carbocycles. The first-order chi connectivity index (χ1) is 11.3. The third kappa shape index (κ3) is 2.51. The topological polar surface area (TPSA) is 29.0 Å². The maximum atomic E-state index is 4.69. The zero-order chi connectivity index (χ0) is 15.8. The third-order valence-electron chi connectivity index (χ3n) is 4.74. The number of fused-ring (bicyclic) bond motifs is 2. The van der Waals surface area contributed by atoms with E-state index in [0.717, 1.165) is 36.5 Å². The zero-order valence-corrected chi connectivity index (χ0v) is 14.4. The molecule has 1 aromatic carbocycles. The molecule has 0 saturated heterocycles. The molecule has 118 valence electrons. The number of thiophene rings is 1. The standard InChI is InChI=1S/C19H21N3S/c1-3-8-22(16-9-14-6-4-5-7-15(14)10-16)18-17-13(2)11-23-19(17)21-12-20-18/h4-7,11-12,16H,3,8-10H2,1-2H3. The highest BCUT2D eigenvalue weighted by Gasteiger charge is 2.28. The molecule has 0 amide bonds. The van der Waals surface area contributed by atoms with Gasteiger partial charge in [-0.3, -0.25) is 0 Å². The van der Waals surface area contributed by atoms with Crippen molar-refractivity contribution < 1.29 is 0 Å². The van der Waals surface area contributed by atoms with E-state index in [2.05, 4.69) is 58.4 Å². The Morgan fingerprint density at radius 2 is 1.91 bits per heavy atom. The van der Waals surface area contributed by atoms with Crippen molar-refractivity contribution in [3.8, 4) is 0 Å². The second-order valence-corrected chi connectivity index (χ2v) is 7.18. The van der Waals surface area contributed by atoms with Crippen LogP contribution in [0.3, 0.4) is 0 Å². The van der Waals surface area contributed by atoms with E-state index >= 15 is 0 Å². The molecule has 23 heavy (non-hydrogen) atoms. The Hall–Kier alpha value is -1.94. The van der Waals surface area contributed by atoms with Crippen LogP contribution in [0.5, 0.6) is 0 Å². The highest BCUT2D eigenvalue weighted by molar-refractivity contribution is 7.17. The molecule has 2 aromatic heterocycles. The van der Waals surface area contributed by atoms with Crippen LogP contribution in [0.15, 0.2) is 36.0 Å². The first-order valence-electron chi connectivity index (χ1n) is 8.30. The van der Waals surface area contributed by atoms with Crippen LogP contribution in [-0.2, 0) is 12.8 Å². The molecule has 0 bridgehead atoms. The van der Waals surface area contributed by atoms with E-state index in [4.69, 9.17) is 0 Å². The smallest absolute Gasteiger partial charge is 0.141 e. The molecule has 0 fully saturated rings. The first kappa shape index (κ1) is 14.6. The second kappa shape index (κ2) is 5.93. The summed E-state index contributed by atoms with van der Waals surface area (Å²) < 4.78 is 0. The zero-order valence-electron chi connectivity index (χ0n) is 13.6. The molecule has 0 atom stereocenters. The lowest BCUT2D eigenvalue weighted by molar-refractivity contribution is 0.605. The van der Waals surface area contributed by atoms with E-state index in [-0.39, 0.29) is 0 Å². The summed E-state index contributed by atoms with van der Waals surface area (Å²) in [6.45, 7) is 5.45. The van der Waals surface area contributed by atoms with Crippen molar-refractivity contribution in [3.05, 3.63) is 52.7 Å². The Balaban J connectivity index is 1.75. The molecule has 0 spiro atoms. The minimum Gasteiger partial charge on any atom is -0.352 e. The number of anilines is 1. The van der Waals surface area contributed by atoms with Crippen LogP contribution in [0.1, 0.15) is 30.0 Å². The molecule has 4 rings (SSSR count). The van der Waals surface area contributed by atoms with E-state index in [1.165, 1.54) is 22.1 Å². The summed E-state index contributed by atoms with van der Waals surface area (Å²) in [5.41, 5.74) is 4.27. The highest BCUT2D eigenvalue weighted by atomic mass is 32.1. The maximum Gasteiger partial charge on any atom is 0.141 e. The lowest BCUT2D eigenvalue weighted by atomic mass is 10.1. The molecule has 3 nitrogen and oxygen atoms in total. The lowest BCUT2D eigenvalue weighted by Gasteiger charge is -2.30. The van der Waals surface area contributed by atoms with Gasteiger partial charge in [-0.15, -0.1) is 11.3 Å². The fourth-order valence-electron chi connectivity index (χ4n) is 3.67. The third-order valence-corrected chi connectivity index (χ3v) is 5.75. The molecule has 1 aliphatic rings. The SMILES string of the molecule is CCCN(c1ncnc2scc(C)c12)C1Cc2ccccc2C1. The number of hydrogen-bond acceptors (Lipinski definition) is 4. The summed E-state index contributed by atoms with van der Waals surface area (Å²) >= 11 is 1.72. The normalized spacial score (nSPS) is 14.3. The number of rotatable bonds is 4. The van der Waals surface area contributed by atoms with Crippen LogP contribution in [-0.4, -0.2) is 22.6 Å². The minimum atomic E-state index is 0.504. The molecular formula is C19H21N3S. The summed E-state index contributed by atoms with van der Waals surface area (Å²) in [6, 6.07) is 9.34. The van der Waals surface area contributed by atoms with Gasteiger partial charge in [-0.25, -0.2) is 9.97 Å². The monoisotopic (exact) mass is 323 g/mol. The summed E-state index contributed by atoms with van der Waals surface area (Å²) in [7, 11) is 0. The number of nitrogens with zero attached hydrogens (tertiary/aromatic N) is 3. The number of aromatic nitrogens is 2. The van der Waals surface area contributed by atoms with Crippen molar-refractivity contribution in [3.63, 3.8) is 0 Å². The van der Waals surface area contributed by atoms with E-state index in [1.54, 1.807) is 17.7 Å². The van der Waals surface area contributed by atoms with Crippen LogP contribution < -0.4 is 4.90 Å². The van der Waals surface area contributed by atoms with Crippen LogP contribution in [0.4, 0.5) is 5.82 Å². The second-order valence-electron chi connectivity index (χ2n) is 6.32. The van der Waals surface area contributed by atoms with Crippen molar-refractivity contribution in [1.82, 2.24) is 9.97 Å². The van der Waals surface area contributed by atoms with Crippen molar-refractivity contribution in [2.45, 2.75) is 39.2 Å². The summed E-state index contributed by atoms with van der Waals surface area (Å²) in [4.78, 5) is 12.8. The van der Waals surface area contributed by atoms with E-state index in [9.17, 15) is 0 Å². The van der Waals surface area contributed by atoms with Gasteiger partial charge in [-0.05, 0) is 48.3 Å². The lowest BCUT2D eigenvalue weighted by Crippen LogP contribution is -2.37. The molecule has 0 unspecified atom stereocenters. The molecule has 0 radical (unpaired) electrons. The van der Waals surface area contributed by atoms with Crippen LogP contribution in [0.25, 0.3) is 10.2 Å². The van der Waals surface area contributed by atoms with Gasteiger partial charge in [0, 0.05) is 12.6 Å². The molecule has 4 heteroatoms. The number of aryl methyl sites for hydroxylation is 1. The fraction of sp³-hybridized carbons (Fsp3) is 0.368. The van der Waals surface area contributed by atoms with Gasteiger partial charge in [-0.2, -0.15) is 0 Å². The van der Waals surface area contributed by atoms with Crippen LogP contribution in [0, 0.1) is 6.92 Å². The summed E-state index contributed by atoms with van der Waals surface area (Å²) in [6.07, 6.45) is 5.08. The summed E-state index contributed by atoms with van der Waals surface area (Å²) in [5.74, 6) is 1.12. The molecule has 0 aliphatic heterocycles. The Morgan fingerprint density at radius 3 is 2.61 bits per heavy atom. The quantitative estimate of drug-likeness (QED) is 0.713. The molecule has 2 heterocycles. The van der Waals surface area contributed by atoms with Crippen molar-refractivity contribution in [2.75, 3.05) is 11.4 Å². The Kier molecular flexibility index (Phi) is 3.77. The van der Waals surface area contributed by atoms with Gasteiger partial charge in [0.25, 0.3) is 0 Å². The predicted octanol–water partition coefficient (Wildman–Crippen LogP) is 4.38. The molecule has 0 N–H and O–H groups in total. The maximum absolute atomic E-state index is 4.69. The fourth-order valence-corrected chi connectivity index (χ4v) is 4.56. The molecule has 0 saturated carbocycles. The first-order valence-corrected chi connectivity index (χ1v) is 9.18. The van der Waals surface area contributed by atoms with Gasteiger partial charge in [-0.1, -0.05) is 31.2 Å². The van der Waals surface area contributed by atoms with E-state index in [0.29, 0.717) is 6.04 Å². The van der Waals surface area contributed by atoms with Gasteiger partial charge < -0.3 is 4.90 Å². The minimum absolute atomic E-state index is 0.504. The van der Waals surface area contributed by atoms with Gasteiger partial charge in [0.2, 0.25) is 0 Å². The Labute approximate surface area is 141 Å². The van der Waals surface area contributed by atoms with Gasteiger partial charge in [0.05, 0.1) is 5.39 Å². The number of hydrogen-bond donors (Lipinski definition) is 0. The van der Waals surface area contributed by atoms with Gasteiger partial charge >= 0.3 is 0 Å². The average molecular weight is 323 g/mol.